The molecule has 0 atom stereocenters. The monoisotopic (exact) mass is 221 g/mol. The van der Waals surface area contributed by atoms with Gasteiger partial charge in [-0.1, -0.05) is 0 Å². The predicted molar refractivity (Wildman–Crippen MR) is 56.2 cm³/mol. The van der Waals surface area contributed by atoms with Crippen LogP contribution in [-0.4, -0.2) is 46.2 Å². The van der Waals surface area contributed by atoms with Gasteiger partial charge in [0, 0.05) is 12.9 Å². The van der Waals surface area contributed by atoms with Gasteiger partial charge in [-0.15, -0.1) is 0 Å². The summed E-state index contributed by atoms with van der Waals surface area (Å²) in [6, 6.07) is 0. The first kappa shape index (κ1) is 11.9. The Balaban J connectivity index is 2.03. The topological polar surface area (TPSA) is 55.4 Å². The van der Waals surface area contributed by atoms with E-state index in [1.54, 1.807) is 0 Å². The van der Waals surface area contributed by atoms with Crippen molar-refractivity contribution in [3.63, 3.8) is 0 Å². The number of nitrogens with one attached hydrogen (secondary N) is 1. The maximum absolute atomic E-state index is 10.8. The molecule has 1 heterocycles. The second-order valence-corrected chi connectivity index (χ2v) is 6.06. The second-order valence-electron chi connectivity index (χ2n) is 3.80. The number of sulfone groups is 1. The molecular weight excluding hydrogens is 202 g/mol. The summed E-state index contributed by atoms with van der Waals surface area (Å²) < 4.78 is 27.2. The van der Waals surface area contributed by atoms with E-state index in [0.29, 0.717) is 19.1 Å². The van der Waals surface area contributed by atoms with Gasteiger partial charge in [0.1, 0.15) is 9.84 Å². The molecule has 1 aliphatic rings. The van der Waals surface area contributed by atoms with Gasteiger partial charge in [0.2, 0.25) is 0 Å². The van der Waals surface area contributed by atoms with Gasteiger partial charge in [-0.2, -0.15) is 0 Å². The molecule has 0 bridgehead atoms. The molecule has 1 N–H and O–H groups in total. The maximum Gasteiger partial charge on any atom is 0.147 e. The van der Waals surface area contributed by atoms with Gasteiger partial charge in [0.05, 0.1) is 11.9 Å². The molecule has 84 valence electrons. The fraction of sp³-hybridized carbons (Fsp3) is 1.00. The van der Waals surface area contributed by atoms with Crippen LogP contribution in [0.2, 0.25) is 0 Å². The van der Waals surface area contributed by atoms with Crippen molar-refractivity contribution in [1.82, 2.24) is 5.32 Å². The zero-order chi connectivity index (χ0) is 10.4. The number of rotatable bonds is 5. The molecule has 0 spiro atoms. The van der Waals surface area contributed by atoms with Gasteiger partial charge in [0.25, 0.3) is 0 Å². The van der Waals surface area contributed by atoms with Crippen molar-refractivity contribution in [2.45, 2.75) is 25.4 Å². The SMILES string of the molecule is CS(=O)(=O)CCCOC1CCNCC1. The first-order valence-corrected chi connectivity index (χ1v) is 7.14. The molecule has 0 aromatic rings. The Morgan fingerprint density at radius 2 is 2.00 bits per heavy atom. The Bertz CT molecular complexity index is 245. The Morgan fingerprint density at radius 1 is 1.36 bits per heavy atom. The van der Waals surface area contributed by atoms with E-state index < -0.39 is 9.84 Å². The zero-order valence-electron chi connectivity index (χ0n) is 8.66. The van der Waals surface area contributed by atoms with Crippen molar-refractivity contribution in [3.8, 4) is 0 Å². The van der Waals surface area contributed by atoms with E-state index in [2.05, 4.69) is 5.32 Å². The minimum atomic E-state index is -2.82. The van der Waals surface area contributed by atoms with Crippen molar-refractivity contribution in [2.75, 3.05) is 31.7 Å². The zero-order valence-corrected chi connectivity index (χ0v) is 9.48. The highest BCUT2D eigenvalue weighted by molar-refractivity contribution is 7.90. The molecule has 0 saturated carbocycles. The standard InChI is InChI=1S/C9H19NO3S/c1-14(11,12)8-2-7-13-9-3-5-10-6-4-9/h9-10H,2-8H2,1H3. The van der Waals surface area contributed by atoms with Crippen LogP contribution >= 0.6 is 0 Å². The minimum absolute atomic E-state index is 0.234. The van der Waals surface area contributed by atoms with Crippen molar-refractivity contribution in [1.29, 1.82) is 0 Å². The summed E-state index contributed by atoms with van der Waals surface area (Å²) in [5, 5.41) is 3.25. The summed E-state index contributed by atoms with van der Waals surface area (Å²) in [7, 11) is -2.82. The van der Waals surface area contributed by atoms with Crippen LogP contribution in [0.5, 0.6) is 0 Å². The molecular formula is C9H19NO3S. The molecule has 4 nitrogen and oxygen atoms in total. The van der Waals surface area contributed by atoms with Crippen LogP contribution in [0.25, 0.3) is 0 Å². The van der Waals surface area contributed by atoms with Gasteiger partial charge in [-0.25, -0.2) is 8.42 Å². The van der Waals surface area contributed by atoms with Crippen LogP contribution in [0.3, 0.4) is 0 Å². The van der Waals surface area contributed by atoms with Crippen LogP contribution < -0.4 is 5.32 Å². The summed E-state index contributed by atoms with van der Waals surface area (Å²) >= 11 is 0. The van der Waals surface area contributed by atoms with Gasteiger partial charge in [-0.05, 0) is 32.4 Å². The van der Waals surface area contributed by atoms with Crippen molar-refractivity contribution in [3.05, 3.63) is 0 Å². The second kappa shape index (κ2) is 5.68. The van der Waals surface area contributed by atoms with Crippen molar-refractivity contribution < 1.29 is 13.2 Å². The first-order valence-electron chi connectivity index (χ1n) is 5.08. The van der Waals surface area contributed by atoms with Crippen LogP contribution in [0.15, 0.2) is 0 Å². The van der Waals surface area contributed by atoms with Crippen LogP contribution in [-0.2, 0) is 14.6 Å². The van der Waals surface area contributed by atoms with Crippen molar-refractivity contribution >= 4 is 9.84 Å². The van der Waals surface area contributed by atoms with E-state index in [0.717, 1.165) is 25.9 Å². The average Bonchev–Trinajstić information content (AvgIpc) is 2.13. The molecule has 0 aromatic heterocycles. The molecule has 1 saturated heterocycles. The molecule has 1 aliphatic heterocycles. The third-order valence-electron chi connectivity index (χ3n) is 2.30. The molecule has 0 aromatic carbocycles. The maximum atomic E-state index is 10.8. The highest BCUT2D eigenvalue weighted by Crippen LogP contribution is 2.07. The van der Waals surface area contributed by atoms with Gasteiger partial charge < -0.3 is 10.1 Å². The smallest absolute Gasteiger partial charge is 0.147 e. The molecule has 1 fully saturated rings. The van der Waals surface area contributed by atoms with E-state index in [1.807, 2.05) is 0 Å². The van der Waals surface area contributed by atoms with E-state index >= 15 is 0 Å². The molecule has 1 rings (SSSR count). The number of piperidine rings is 1. The molecule has 0 aliphatic carbocycles. The summed E-state index contributed by atoms with van der Waals surface area (Å²) in [6.45, 7) is 2.59. The van der Waals surface area contributed by atoms with E-state index in [1.165, 1.54) is 6.26 Å². The van der Waals surface area contributed by atoms with E-state index in [-0.39, 0.29) is 5.75 Å². The summed E-state index contributed by atoms with van der Waals surface area (Å²) in [6.07, 6.45) is 4.29. The van der Waals surface area contributed by atoms with Gasteiger partial charge in [0.15, 0.2) is 0 Å². The summed E-state index contributed by atoms with van der Waals surface area (Å²) in [5.74, 6) is 0.234. The number of ether oxygens (including phenoxy) is 1. The quantitative estimate of drug-likeness (QED) is 0.673. The van der Waals surface area contributed by atoms with Crippen LogP contribution in [0, 0.1) is 0 Å². The Morgan fingerprint density at radius 3 is 2.57 bits per heavy atom. The third-order valence-corrected chi connectivity index (χ3v) is 3.33. The molecule has 0 radical (unpaired) electrons. The summed E-state index contributed by atoms with van der Waals surface area (Å²) in [5.41, 5.74) is 0. The lowest BCUT2D eigenvalue weighted by Crippen LogP contribution is -2.32. The van der Waals surface area contributed by atoms with Crippen LogP contribution in [0.1, 0.15) is 19.3 Å². The lowest BCUT2D eigenvalue weighted by atomic mass is 10.1. The highest BCUT2D eigenvalue weighted by atomic mass is 32.2. The largest absolute Gasteiger partial charge is 0.378 e. The third kappa shape index (κ3) is 5.57. The van der Waals surface area contributed by atoms with E-state index in [9.17, 15) is 8.42 Å². The number of hydrogen-bond donors (Lipinski definition) is 1. The molecule has 14 heavy (non-hydrogen) atoms. The first-order chi connectivity index (χ1) is 6.58. The Kier molecular flexibility index (Phi) is 4.84. The fourth-order valence-corrected chi connectivity index (χ4v) is 2.18. The Hall–Kier alpha value is -0.130. The van der Waals surface area contributed by atoms with Crippen LogP contribution in [0.4, 0.5) is 0 Å². The lowest BCUT2D eigenvalue weighted by molar-refractivity contribution is 0.0337. The highest BCUT2D eigenvalue weighted by Gasteiger charge is 2.12. The van der Waals surface area contributed by atoms with E-state index in [4.69, 9.17) is 4.74 Å². The van der Waals surface area contributed by atoms with Gasteiger partial charge in [-0.3, -0.25) is 0 Å². The minimum Gasteiger partial charge on any atom is -0.378 e. The number of hydrogen-bond acceptors (Lipinski definition) is 4. The fourth-order valence-electron chi connectivity index (χ4n) is 1.53. The van der Waals surface area contributed by atoms with Gasteiger partial charge >= 0.3 is 0 Å². The summed E-state index contributed by atoms with van der Waals surface area (Å²) in [4.78, 5) is 0. The molecule has 0 amide bonds. The average molecular weight is 221 g/mol. The molecule has 0 unspecified atom stereocenters. The van der Waals surface area contributed by atoms with Crippen molar-refractivity contribution in [2.24, 2.45) is 0 Å². The Labute approximate surface area is 85.9 Å². The lowest BCUT2D eigenvalue weighted by Gasteiger charge is -2.22. The molecule has 5 heteroatoms. The normalized spacial score (nSPS) is 19.8. The predicted octanol–water partition coefficient (Wildman–Crippen LogP) is 0.190.